The zero-order chi connectivity index (χ0) is 18.1. The van der Waals surface area contributed by atoms with E-state index in [0.717, 1.165) is 30.8 Å². The van der Waals surface area contributed by atoms with Gasteiger partial charge in [-0.2, -0.15) is 0 Å². The Kier molecular flexibility index (Phi) is 10.0. The molecule has 1 aliphatic heterocycles. The van der Waals surface area contributed by atoms with E-state index in [1.807, 2.05) is 36.1 Å². The molecular formula is C18H27IN4O3. The van der Waals surface area contributed by atoms with Gasteiger partial charge in [-0.25, -0.2) is 4.99 Å². The van der Waals surface area contributed by atoms with Gasteiger partial charge in [0.15, 0.2) is 5.96 Å². The first-order valence-corrected chi connectivity index (χ1v) is 8.62. The molecule has 7 nitrogen and oxygen atoms in total. The average molecular weight is 474 g/mol. The van der Waals surface area contributed by atoms with Crippen LogP contribution in [0.4, 0.5) is 5.69 Å². The molecule has 2 N–H and O–H groups in total. The molecular weight excluding hydrogens is 447 g/mol. The van der Waals surface area contributed by atoms with Crippen LogP contribution in [0.1, 0.15) is 31.7 Å². The molecule has 0 bridgehead atoms. The van der Waals surface area contributed by atoms with Gasteiger partial charge in [0.1, 0.15) is 0 Å². The first-order valence-electron chi connectivity index (χ1n) is 8.62. The first kappa shape index (κ1) is 22.2. The lowest BCUT2D eigenvalue weighted by Gasteiger charge is -2.15. The number of esters is 1. The topological polar surface area (TPSA) is 83.0 Å². The average Bonchev–Trinajstić information content (AvgIpc) is 3.06. The zero-order valence-corrected chi connectivity index (χ0v) is 17.6. The molecule has 0 atom stereocenters. The number of nitrogens with one attached hydrogen (secondary N) is 2. The molecule has 1 fully saturated rings. The number of amides is 1. The maximum Gasteiger partial charge on any atom is 0.307 e. The van der Waals surface area contributed by atoms with Crippen LogP contribution in [0, 0.1) is 0 Å². The van der Waals surface area contributed by atoms with Crippen LogP contribution in [-0.4, -0.2) is 44.6 Å². The fraction of sp³-hybridized carbons (Fsp3) is 0.500. The maximum atomic E-state index is 11.8. The SMILES string of the molecule is CCNC(=NCc1ccc(N2CCCC2=O)cc1)NCCC(=O)OC.I. The number of hydrogen-bond donors (Lipinski definition) is 2. The Morgan fingerprint density at radius 2 is 2.00 bits per heavy atom. The molecule has 0 radical (unpaired) electrons. The van der Waals surface area contributed by atoms with Crippen molar-refractivity contribution in [2.45, 2.75) is 32.7 Å². The second kappa shape index (κ2) is 11.7. The first-order chi connectivity index (χ1) is 12.1. The zero-order valence-electron chi connectivity index (χ0n) is 15.3. The standard InChI is InChI=1S/C18H26N4O3.HI/c1-3-19-18(20-11-10-17(24)25-2)21-13-14-6-8-15(9-7-14)22-12-4-5-16(22)23;/h6-9H,3-5,10-13H2,1-2H3,(H2,19,20,21);1H. The molecule has 1 heterocycles. The molecule has 0 aliphatic carbocycles. The van der Waals surface area contributed by atoms with Gasteiger partial charge >= 0.3 is 5.97 Å². The fourth-order valence-corrected chi connectivity index (χ4v) is 2.60. The predicted molar refractivity (Wildman–Crippen MR) is 113 cm³/mol. The van der Waals surface area contributed by atoms with E-state index in [4.69, 9.17) is 0 Å². The normalized spacial score (nSPS) is 14.0. The Balaban J connectivity index is 0.00000338. The molecule has 26 heavy (non-hydrogen) atoms. The molecule has 0 unspecified atom stereocenters. The third-order valence-corrected chi connectivity index (χ3v) is 3.93. The highest BCUT2D eigenvalue weighted by Gasteiger charge is 2.21. The van der Waals surface area contributed by atoms with Crippen molar-refractivity contribution in [2.75, 3.05) is 31.6 Å². The van der Waals surface area contributed by atoms with Crippen molar-refractivity contribution in [1.82, 2.24) is 10.6 Å². The van der Waals surface area contributed by atoms with E-state index in [1.165, 1.54) is 7.11 Å². The minimum absolute atomic E-state index is 0. The highest BCUT2D eigenvalue weighted by Crippen LogP contribution is 2.21. The predicted octanol–water partition coefficient (Wildman–Crippen LogP) is 2.05. The van der Waals surface area contributed by atoms with E-state index in [2.05, 4.69) is 20.4 Å². The molecule has 1 aromatic carbocycles. The number of halogens is 1. The molecule has 0 spiro atoms. The van der Waals surface area contributed by atoms with Gasteiger partial charge in [-0.15, -0.1) is 24.0 Å². The molecule has 1 aliphatic rings. The van der Waals surface area contributed by atoms with Gasteiger partial charge in [-0.05, 0) is 31.0 Å². The number of rotatable bonds is 7. The van der Waals surface area contributed by atoms with Gasteiger partial charge in [0, 0.05) is 31.7 Å². The summed E-state index contributed by atoms with van der Waals surface area (Å²) in [6.07, 6.45) is 1.85. The summed E-state index contributed by atoms with van der Waals surface area (Å²) in [6, 6.07) is 7.91. The summed E-state index contributed by atoms with van der Waals surface area (Å²) in [4.78, 5) is 29.3. The van der Waals surface area contributed by atoms with E-state index >= 15 is 0 Å². The molecule has 8 heteroatoms. The summed E-state index contributed by atoms with van der Waals surface area (Å²) in [5.74, 6) is 0.593. The quantitative estimate of drug-likeness (QED) is 0.274. The van der Waals surface area contributed by atoms with E-state index in [9.17, 15) is 9.59 Å². The number of hydrogen-bond acceptors (Lipinski definition) is 4. The number of methoxy groups -OCH3 is 1. The van der Waals surface area contributed by atoms with Crippen LogP contribution in [0.5, 0.6) is 0 Å². The summed E-state index contributed by atoms with van der Waals surface area (Å²) in [5, 5.41) is 6.24. The van der Waals surface area contributed by atoms with Gasteiger partial charge in [0.25, 0.3) is 0 Å². The van der Waals surface area contributed by atoms with Crippen LogP contribution >= 0.6 is 24.0 Å². The van der Waals surface area contributed by atoms with Crippen LogP contribution in [-0.2, 0) is 20.9 Å². The molecule has 144 valence electrons. The monoisotopic (exact) mass is 474 g/mol. The summed E-state index contributed by atoms with van der Waals surface area (Å²) >= 11 is 0. The van der Waals surface area contributed by atoms with Crippen molar-refractivity contribution in [3.8, 4) is 0 Å². The van der Waals surface area contributed by atoms with E-state index in [1.54, 1.807) is 0 Å². The van der Waals surface area contributed by atoms with E-state index < -0.39 is 0 Å². The molecule has 2 rings (SSSR count). The van der Waals surface area contributed by atoms with Crippen LogP contribution in [0.25, 0.3) is 0 Å². The van der Waals surface area contributed by atoms with Crippen molar-refractivity contribution in [3.05, 3.63) is 29.8 Å². The number of carbonyl (C=O) groups is 2. The molecule has 0 saturated carbocycles. The minimum atomic E-state index is -0.254. The second-order valence-electron chi connectivity index (χ2n) is 5.76. The Hall–Kier alpha value is -1.84. The van der Waals surface area contributed by atoms with E-state index in [0.29, 0.717) is 31.9 Å². The van der Waals surface area contributed by atoms with Gasteiger partial charge in [0.05, 0.1) is 20.1 Å². The lowest BCUT2D eigenvalue weighted by molar-refractivity contribution is -0.140. The minimum Gasteiger partial charge on any atom is -0.469 e. The summed E-state index contributed by atoms with van der Waals surface area (Å²) in [5.41, 5.74) is 2.00. The highest BCUT2D eigenvalue weighted by atomic mass is 127. The van der Waals surface area contributed by atoms with Crippen molar-refractivity contribution < 1.29 is 14.3 Å². The van der Waals surface area contributed by atoms with Gasteiger partial charge in [0.2, 0.25) is 5.91 Å². The Morgan fingerprint density at radius 1 is 1.27 bits per heavy atom. The van der Waals surface area contributed by atoms with Crippen molar-refractivity contribution in [1.29, 1.82) is 0 Å². The Labute approximate surface area is 171 Å². The number of guanidine groups is 1. The van der Waals surface area contributed by atoms with Crippen LogP contribution in [0.15, 0.2) is 29.3 Å². The lowest BCUT2D eigenvalue weighted by Crippen LogP contribution is -2.38. The smallest absolute Gasteiger partial charge is 0.307 e. The number of ether oxygens (including phenoxy) is 1. The number of carbonyl (C=O) groups excluding carboxylic acids is 2. The third kappa shape index (κ3) is 6.81. The third-order valence-electron chi connectivity index (χ3n) is 3.93. The van der Waals surface area contributed by atoms with Crippen LogP contribution in [0.2, 0.25) is 0 Å². The van der Waals surface area contributed by atoms with Crippen molar-refractivity contribution in [3.63, 3.8) is 0 Å². The van der Waals surface area contributed by atoms with Gasteiger partial charge < -0.3 is 20.3 Å². The number of nitrogens with zero attached hydrogens (tertiary/aromatic N) is 2. The summed E-state index contributed by atoms with van der Waals surface area (Å²) in [6.45, 7) is 4.50. The molecule has 0 aromatic heterocycles. The Morgan fingerprint density at radius 3 is 2.58 bits per heavy atom. The van der Waals surface area contributed by atoms with Crippen LogP contribution in [0.3, 0.4) is 0 Å². The van der Waals surface area contributed by atoms with Crippen molar-refractivity contribution >= 4 is 47.5 Å². The fourth-order valence-electron chi connectivity index (χ4n) is 2.60. The maximum absolute atomic E-state index is 11.8. The summed E-state index contributed by atoms with van der Waals surface area (Å²) in [7, 11) is 1.38. The summed E-state index contributed by atoms with van der Waals surface area (Å²) < 4.78 is 4.62. The Bertz CT molecular complexity index is 619. The number of anilines is 1. The van der Waals surface area contributed by atoms with Gasteiger partial charge in [-0.1, -0.05) is 12.1 Å². The number of aliphatic imine (C=N–C) groups is 1. The molecule has 1 aromatic rings. The lowest BCUT2D eigenvalue weighted by atomic mass is 10.2. The largest absolute Gasteiger partial charge is 0.469 e. The van der Waals surface area contributed by atoms with E-state index in [-0.39, 0.29) is 35.9 Å². The molecule has 1 amide bonds. The van der Waals surface area contributed by atoms with Crippen LogP contribution < -0.4 is 15.5 Å². The van der Waals surface area contributed by atoms with Crippen molar-refractivity contribution in [2.24, 2.45) is 4.99 Å². The second-order valence-corrected chi connectivity index (χ2v) is 5.76. The number of benzene rings is 1. The highest BCUT2D eigenvalue weighted by molar-refractivity contribution is 14.0. The molecule has 1 saturated heterocycles. The van der Waals surface area contributed by atoms with Gasteiger partial charge in [-0.3, -0.25) is 9.59 Å².